The van der Waals surface area contributed by atoms with E-state index in [9.17, 15) is 5.21 Å². The zero-order valence-electron chi connectivity index (χ0n) is 13.5. The van der Waals surface area contributed by atoms with Crippen LogP contribution in [0.15, 0.2) is 55.1 Å². The summed E-state index contributed by atoms with van der Waals surface area (Å²) in [5.41, 5.74) is 1.50. The molecule has 1 N–H and O–H groups in total. The fourth-order valence-corrected chi connectivity index (χ4v) is 3.66. The number of nitrogens with zero attached hydrogens (tertiary/aromatic N) is 3. The lowest BCUT2D eigenvalue weighted by atomic mass is 10.1. The fraction of sp³-hybridized carbons (Fsp3) is 0.167. The van der Waals surface area contributed by atoms with E-state index in [-0.39, 0.29) is 6.54 Å². The molecule has 1 unspecified atom stereocenters. The van der Waals surface area contributed by atoms with Crippen molar-refractivity contribution in [2.45, 2.75) is 19.1 Å². The first-order chi connectivity index (χ1) is 12.4. The molecule has 0 aliphatic heterocycles. The Hall–Kier alpha value is -1.27. The molecule has 8 heteroatoms. The Bertz CT molecular complexity index is 886. The lowest BCUT2D eigenvalue weighted by molar-refractivity contribution is -0.141. The summed E-state index contributed by atoms with van der Waals surface area (Å²) in [6, 6.07) is 9.93. The molecule has 1 aromatic heterocycles. The average molecular weight is 431 g/mol. The lowest BCUT2D eigenvalue weighted by Gasteiger charge is -2.28. The summed E-state index contributed by atoms with van der Waals surface area (Å²) in [7, 11) is 0. The van der Waals surface area contributed by atoms with E-state index in [0.717, 1.165) is 11.1 Å². The number of rotatable bonds is 6. The molecule has 2 aromatic carbocycles. The molecule has 0 spiro atoms. The predicted octanol–water partition coefficient (Wildman–Crippen LogP) is 6.13. The Morgan fingerprint density at radius 1 is 1.00 bits per heavy atom. The van der Waals surface area contributed by atoms with Crippen molar-refractivity contribution in [3.63, 3.8) is 0 Å². The molecule has 3 aromatic rings. The van der Waals surface area contributed by atoms with E-state index < -0.39 is 6.04 Å². The third-order valence-electron chi connectivity index (χ3n) is 3.97. The van der Waals surface area contributed by atoms with Crippen LogP contribution >= 0.6 is 46.4 Å². The Morgan fingerprint density at radius 3 is 2.31 bits per heavy atom. The van der Waals surface area contributed by atoms with Gasteiger partial charge in [0, 0.05) is 39.0 Å². The molecule has 0 aliphatic carbocycles. The first-order valence-electron chi connectivity index (χ1n) is 7.74. The summed E-state index contributed by atoms with van der Waals surface area (Å²) in [6.45, 7) is 0.650. The van der Waals surface area contributed by atoms with E-state index in [1.807, 2.05) is 10.8 Å². The van der Waals surface area contributed by atoms with Gasteiger partial charge >= 0.3 is 0 Å². The number of benzene rings is 2. The minimum Gasteiger partial charge on any atom is -0.335 e. The number of imidazole rings is 1. The Balaban J connectivity index is 1.91. The molecule has 3 rings (SSSR count). The second-order valence-corrected chi connectivity index (χ2v) is 7.46. The van der Waals surface area contributed by atoms with Gasteiger partial charge in [0.25, 0.3) is 0 Å². The molecule has 0 saturated carbocycles. The quantitative estimate of drug-likeness (QED) is 0.478. The number of hydrogen-bond donors (Lipinski definition) is 1. The summed E-state index contributed by atoms with van der Waals surface area (Å²) >= 11 is 24.6. The van der Waals surface area contributed by atoms with Crippen molar-refractivity contribution in [2.75, 3.05) is 0 Å². The van der Waals surface area contributed by atoms with Crippen LogP contribution in [0.5, 0.6) is 0 Å². The highest BCUT2D eigenvalue weighted by Gasteiger charge is 2.23. The first kappa shape index (κ1) is 19.5. The highest BCUT2D eigenvalue weighted by atomic mass is 35.5. The van der Waals surface area contributed by atoms with Crippen LogP contribution in [0, 0.1) is 0 Å². The van der Waals surface area contributed by atoms with E-state index >= 15 is 0 Å². The average Bonchev–Trinajstić information content (AvgIpc) is 3.09. The van der Waals surface area contributed by atoms with Crippen molar-refractivity contribution in [1.29, 1.82) is 0 Å². The van der Waals surface area contributed by atoms with Crippen LogP contribution in [0.2, 0.25) is 20.1 Å². The van der Waals surface area contributed by atoms with Crippen molar-refractivity contribution < 1.29 is 5.21 Å². The van der Waals surface area contributed by atoms with Crippen LogP contribution in [-0.4, -0.2) is 19.8 Å². The molecule has 0 aliphatic rings. The smallest absolute Gasteiger partial charge is 0.0946 e. The van der Waals surface area contributed by atoms with E-state index in [0.29, 0.717) is 26.6 Å². The lowest BCUT2D eigenvalue weighted by Crippen LogP contribution is -2.28. The van der Waals surface area contributed by atoms with Gasteiger partial charge < -0.3 is 9.77 Å². The highest BCUT2D eigenvalue weighted by Crippen LogP contribution is 2.32. The van der Waals surface area contributed by atoms with Crippen LogP contribution in [0.4, 0.5) is 0 Å². The Kier molecular flexibility index (Phi) is 6.46. The Morgan fingerprint density at radius 2 is 1.69 bits per heavy atom. The van der Waals surface area contributed by atoms with Crippen molar-refractivity contribution in [1.82, 2.24) is 14.6 Å². The molecule has 26 heavy (non-hydrogen) atoms. The predicted molar refractivity (Wildman–Crippen MR) is 105 cm³/mol. The van der Waals surface area contributed by atoms with E-state index in [1.54, 1.807) is 48.9 Å². The largest absolute Gasteiger partial charge is 0.335 e. The monoisotopic (exact) mass is 429 g/mol. The normalized spacial score (nSPS) is 12.5. The SMILES string of the molecule is ON(Cc1ccc(Cl)cc1Cl)C(Cn1ccnc1)c1ccc(Cl)cc1Cl. The minimum atomic E-state index is -0.430. The number of halogens is 4. The molecule has 1 heterocycles. The maximum absolute atomic E-state index is 10.8. The first-order valence-corrected chi connectivity index (χ1v) is 9.25. The van der Waals surface area contributed by atoms with Gasteiger partial charge in [-0.2, -0.15) is 5.06 Å². The minimum absolute atomic E-state index is 0.203. The molecule has 136 valence electrons. The van der Waals surface area contributed by atoms with Crippen LogP contribution < -0.4 is 0 Å². The van der Waals surface area contributed by atoms with Crippen LogP contribution in [0.3, 0.4) is 0 Å². The molecule has 0 amide bonds. The van der Waals surface area contributed by atoms with Gasteiger partial charge in [0.05, 0.1) is 18.9 Å². The van der Waals surface area contributed by atoms with Crippen molar-refractivity contribution in [3.8, 4) is 0 Å². The van der Waals surface area contributed by atoms with Gasteiger partial charge in [0.2, 0.25) is 0 Å². The maximum Gasteiger partial charge on any atom is 0.0946 e. The topological polar surface area (TPSA) is 41.3 Å². The second kappa shape index (κ2) is 8.61. The van der Waals surface area contributed by atoms with Gasteiger partial charge in [-0.05, 0) is 35.4 Å². The highest BCUT2D eigenvalue weighted by molar-refractivity contribution is 6.35. The summed E-state index contributed by atoms with van der Waals surface area (Å²) in [5, 5.41) is 14.1. The number of hydrogen-bond acceptors (Lipinski definition) is 3. The van der Waals surface area contributed by atoms with Crippen LogP contribution in [0.25, 0.3) is 0 Å². The fourth-order valence-electron chi connectivity index (χ4n) is 2.65. The van der Waals surface area contributed by atoms with Crippen LogP contribution in [-0.2, 0) is 13.1 Å². The van der Waals surface area contributed by atoms with Gasteiger partial charge in [0.1, 0.15) is 0 Å². The van der Waals surface area contributed by atoms with Crippen molar-refractivity contribution >= 4 is 46.4 Å². The Labute approximate surface area is 171 Å². The van der Waals surface area contributed by atoms with Gasteiger partial charge in [-0.15, -0.1) is 0 Å². The third-order valence-corrected chi connectivity index (χ3v) is 5.12. The summed E-state index contributed by atoms with van der Waals surface area (Å²) < 4.78 is 1.86. The van der Waals surface area contributed by atoms with Gasteiger partial charge in [-0.1, -0.05) is 58.5 Å². The molecular weight excluding hydrogens is 416 g/mol. The zero-order valence-corrected chi connectivity index (χ0v) is 16.5. The molecule has 1 atom stereocenters. The molecule has 0 saturated heterocycles. The van der Waals surface area contributed by atoms with Crippen molar-refractivity contribution in [3.05, 3.63) is 86.3 Å². The van der Waals surface area contributed by atoms with E-state index in [1.165, 1.54) is 5.06 Å². The summed E-state index contributed by atoms with van der Waals surface area (Å²) in [5.74, 6) is 0. The van der Waals surface area contributed by atoms with Gasteiger partial charge in [-0.25, -0.2) is 4.98 Å². The van der Waals surface area contributed by atoms with Gasteiger partial charge in [-0.3, -0.25) is 0 Å². The summed E-state index contributed by atoms with van der Waals surface area (Å²) in [4.78, 5) is 4.05. The second-order valence-electron chi connectivity index (χ2n) is 5.77. The molecule has 0 fully saturated rings. The zero-order chi connectivity index (χ0) is 18.7. The number of aromatic nitrogens is 2. The van der Waals surface area contributed by atoms with E-state index in [2.05, 4.69) is 4.98 Å². The van der Waals surface area contributed by atoms with Crippen LogP contribution in [0.1, 0.15) is 17.2 Å². The summed E-state index contributed by atoms with van der Waals surface area (Å²) in [6.07, 6.45) is 5.18. The van der Waals surface area contributed by atoms with Gasteiger partial charge in [0.15, 0.2) is 0 Å². The third kappa shape index (κ3) is 4.71. The standard InChI is InChI=1S/C18H15Cl4N3O/c19-13-2-1-12(16(21)7-13)9-25(26)18(10-24-6-5-23-11-24)15-4-3-14(20)8-17(15)22/h1-8,11,18,26H,9-10H2. The maximum atomic E-state index is 10.8. The number of hydroxylamine groups is 2. The van der Waals surface area contributed by atoms with E-state index in [4.69, 9.17) is 46.4 Å². The van der Waals surface area contributed by atoms with Crippen molar-refractivity contribution in [2.24, 2.45) is 0 Å². The molecule has 4 nitrogen and oxygen atoms in total. The molecule has 0 radical (unpaired) electrons. The molecular formula is C18H15Cl4N3O. The molecule has 0 bridgehead atoms.